The molecule has 0 aliphatic carbocycles. The highest BCUT2D eigenvalue weighted by Crippen LogP contribution is 2.32. The number of rotatable bonds is 8. The molecule has 196 valence electrons. The Balaban J connectivity index is 1.23. The van der Waals surface area contributed by atoms with Crippen molar-refractivity contribution in [3.05, 3.63) is 75.8 Å². The van der Waals surface area contributed by atoms with E-state index in [2.05, 4.69) is 4.98 Å². The minimum absolute atomic E-state index is 0.0758. The summed E-state index contributed by atoms with van der Waals surface area (Å²) in [6.45, 7) is 5.72. The molecule has 0 N–H and O–H groups in total. The molecular weight excluding hydrogens is 495 g/mol. The minimum atomic E-state index is -0.520. The summed E-state index contributed by atoms with van der Waals surface area (Å²) in [6, 6.07) is 9.94. The van der Waals surface area contributed by atoms with Crippen LogP contribution in [0.3, 0.4) is 0 Å². The molecule has 8 nitrogen and oxygen atoms in total. The van der Waals surface area contributed by atoms with Gasteiger partial charge in [-0.25, -0.2) is 9.37 Å². The van der Waals surface area contributed by atoms with Crippen LogP contribution in [0.5, 0.6) is 0 Å². The van der Waals surface area contributed by atoms with Crippen molar-refractivity contribution in [2.24, 2.45) is 0 Å². The summed E-state index contributed by atoms with van der Waals surface area (Å²) in [7, 11) is 0. The summed E-state index contributed by atoms with van der Waals surface area (Å²) < 4.78 is 27.8. The maximum atomic E-state index is 14.3. The van der Waals surface area contributed by atoms with E-state index in [4.69, 9.17) is 9.47 Å². The molecule has 0 unspecified atom stereocenters. The number of nitrogens with zero attached hydrogens (tertiary/aromatic N) is 4. The van der Waals surface area contributed by atoms with Gasteiger partial charge in [0.25, 0.3) is 11.8 Å². The largest absolute Gasteiger partial charge is 0.347 e. The molecule has 10 heteroatoms. The number of hydrogen-bond acceptors (Lipinski definition) is 6. The average molecular weight is 527 g/mol. The van der Waals surface area contributed by atoms with Gasteiger partial charge in [0.1, 0.15) is 16.5 Å². The molecular formula is C27H31FN4O4S. The Hall–Kier alpha value is -3.08. The van der Waals surface area contributed by atoms with Crippen LogP contribution < -0.4 is 0 Å². The highest BCUT2D eigenvalue weighted by atomic mass is 32.1. The van der Waals surface area contributed by atoms with Crippen molar-refractivity contribution in [3.63, 3.8) is 0 Å². The van der Waals surface area contributed by atoms with Crippen LogP contribution in [-0.2, 0) is 22.6 Å². The normalized spacial score (nSPS) is 16.9. The Morgan fingerprint density at radius 1 is 1.14 bits per heavy atom. The van der Waals surface area contributed by atoms with Gasteiger partial charge in [-0.15, -0.1) is 11.3 Å². The van der Waals surface area contributed by atoms with E-state index in [1.54, 1.807) is 22.4 Å². The zero-order chi connectivity index (χ0) is 25.8. The van der Waals surface area contributed by atoms with Crippen molar-refractivity contribution >= 4 is 23.2 Å². The van der Waals surface area contributed by atoms with Crippen molar-refractivity contribution in [3.8, 4) is 0 Å². The summed E-state index contributed by atoms with van der Waals surface area (Å²) in [6.07, 6.45) is 4.03. The summed E-state index contributed by atoms with van der Waals surface area (Å²) in [5, 5.41) is 2.61. The van der Waals surface area contributed by atoms with E-state index in [-0.39, 0.29) is 17.4 Å². The molecule has 2 aliphatic heterocycles. The van der Waals surface area contributed by atoms with Crippen LogP contribution in [0.4, 0.5) is 4.39 Å². The third kappa shape index (κ3) is 5.61. The van der Waals surface area contributed by atoms with E-state index in [0.29, 0.717) is 64.5 Å². The molecule has 2 amide bonds. The van der Waals surface area contributed by atoms with Crippen LogP contribution in [0.2, 0.25) is 0 Å². The van der Waals surface area contributed by atoms with E-state index in [0.717, 1.165) is 17.1 Å². The third-order valence-corrected chi connectivity index (χ3v) is 7.70. The quantitative estimate of drug-likeness (QED) is 0.441. The fraction of sp³-hybridized carbons (Fsp3) is 0.444. The van der Waals surface area contributed by atoms with Crippen LogP contribution in [0.25, 0.3) is 0 Å². The van der Waals surface area contributed by atoms with Crippen molar-refractivity contribution in [2.75, 3.05) is 32.8 Å². The topological polar surface area (TPSA) is 76.9 Å². The van der Waals surface area contributed by atoms with Crippen LogP contribution in [0.15, 0.2) is 48.0 Å². The van der Waals surface area contributed by atoms with Crippen molar-refractivity contribution in [2.45, 2.75) is 45.1 Å². The van der Waals surface area contributed by atoms with Gasteiger partial charge in [0.2, 0.25) is 0 Å². The number of likely N-dealkylation sites (tertiary alicyclic amines) is 1. The van der Waals surface area contributed by atoms with Crippen LogP contribution in [-0.4, -0.2) is 69.8 Å². The van der Waals surface area contributed by atoms with Gasteiger partial charge >= 0.3 is 0 Å². The third-order valence-electron chi connectivity index (χ3n) is 6.86. The van der Waals surface area contributed by atoms with E-state index in [1.807, 2.05) is 34.7 Å². The number of carbonyl (C=O) groups excluding carboxylic acids is 2. The number of benzene rings is 1. The van der Waals surface area contributed by atoms with Gasteiger partial charge in [-0.3, -0.25) is 9.59 Å². The number of aromatic nitrogens is 2. The smallest absolute Gasteiger partial charge is 0.273 e. The first kappa shape index (κ1) is 25.6. The molecule has 2 aliphatic rings. The van der Waals surface area contributed by atoms with Gasteiger partial charge < -0.3 is 23.8 Å². The average Bonchev–Trinajstić information content (AvgIpc) is 3.67. The number of halogens is 1. The number of carbonyl (C=O) groups is 2. The number of hydrogen-bond donors (Lipinski definition) is 0. The van der Waals surface area contributed by atoms with E-state index in [1.165, 1.54) is 23.5 Å². The lowest BCUT2D eigenvalue weighted by atomic mass is 10.0. The van der Waals surface area contributed by atoms with Crippen LogP contribution >= 0.6 is 11.3 Å². The van der Waals surface area contributed by atoms with Gasteiger partial charge in [-0.05, 0) is 30.7 Å². The zero-order valence-electron chi connectivity index (χ0n) is 20.9. The molecule has 3 aromatic rings. The summed E-state index contributed by atoms with van der Waals surface area (Å²) in [5.74, 6) is -1.44. The van der Waals surface area contributed by atoms with Gasteiger partial charge in [-0.1, -0.05) is 19.1 Å². The van der Waals surface area contributed by atoms with Gasteiger partial charge in [0.15, 0.2) is 5.79 Å². The lowest BCUT2D eigenvalue weighted by molar-refractivity contribution is -0.181. The monoisotopic (exact) mass is 526 g/mol. The van der Waals surface area contributed by atoms with E-state index >= 15 is 0 Å². The lowest BCUT2D eigenvalue weighted by Crippen LogP contribution is -2.47. The first-order chi connectivity index (χ1) is 18.0. The predicted molar refractivity (Wildman–Crippen MR) is 137 cm³/mol. The van der Waals surface area contributed by atoms with Crippen LogP contribution in [0.1, 0.15) is 57.7 Å². The Morgan fingerprint density at radius 3 is 2.62 bits per heavy atom. The highest BCUT2D eigenvalue weighted by molar-refractivity contribution is 7.09. The highest BCUT2D eigenvalue weighted by Gasteiger charge is 2.41. The van der Waals surface area contributed by atoms with Gasteiger partial charge in [0, 0.05) is 49.7 Å². The lowest BCUT2D eigenvalue weighted by Gasteiger charge is -2.37. The Labute approximate surface area is 219 Å². The van der Waals surface area contributed by atoms with Gasteiger partial charge in [0.05, 0.1) is 31.9 Å². The van der Waals surface area contributed by atoms with Crippen molar-refractivity contribution in [1.29, 1.82) is 0 Å². The van der Waals surface area contributed by atoms with Crippen LogP contribution in [0, 0.1) is 5.82 Å². The molecule has 1 spiro atoms. The molecule has 0 atom stereocenters. The molecule has 2 aromatic heterocycles. The Kier molecular flexibility index (Phi) is 7.68. The van der Waals surface area contributed by atoms with Crippen molar-refractivity contribution < 1.29 is 23.5 Å². The molecule has 0 bridgehead atoms. The van der Waals surface area contributed by atoms with E-state index in [9.17, 15) is 14.0 Å². The molecule has 2 fully saturated rings. The zero-order valence-corrected chi connectivity index (χ0v) is 21.7. The minimum Gasteiger partial charge on any atom is -0.347 e. The first-order valence-electron chi connectivity index (χ1n) is 12.7. The number of piperidine rings is 1. The second-order valence-electron chi connectivity index (χ2n) is 9.36. The maximum absolute atomic E-state index is 14.3. The fourth-order valence-electron chi connectivity index (χ4n) is 4.90. The molecule has 4 heterocycles. The fourth-order valence-corrected chi connectivity index (χ4v) is 5.66. The molecule has 2 saturated heterocycles. The maximum Gasteiger partial charge on any atom is 0.273 e. The second-order valence-corrected chi connectivity index (χ2v) is 10.3. The number of amides is 2. The first-order valence-corrected chi connectivity index (χ1v) is 13.6. The summed E-state index contributed by atoms with van der Waals surface area (Å²) in [4.78, 5) is 34.2. The standard InChI is InChI=1S/C27H31FN4O4S/c1-2-11-32(25(33)21-7-3-4-8-22(21)28)17-20-6-5-12-31(20)18-24-29-23(19-37-24)26(34)30-13-9-27(10-14-30)35-15-16-36-27/h3-8,12,19H,2,9-11,13-18H2,1H3. The SMILES string of the molecule is CCCN(Cc1cccn1Cc1nc(C(=O)N2CCC3(CC2)OCCO3)cs1)C(=O)c1ccccc1F. The predicted octanol–water partition coefficient (Wildman–Crippen LogP) is 4.16. The van der Waals surface area contributed by atoms with E-state index < -0.39 is 11.6 Å². The summed E-state index contributed by atoms with van der Waals surface area (Å²) in [5.41, 5.74) is 1.44. The van der Waals surface area contributed by atoms with Gasteiger partial charge in [-0.2, -0.15) is 0 Å². The molecule has 0 saturated carbocycles. The molecule has 37 heavy (non-hydrogen) atoms. The number of ether oxygens (including phenoxy) is 2. The molecule has 5 rings (SSSR count). The number of thiazole rings is 1. The summed E-state index contributed by atoms with van der Waals surface area (Å²) >= 11 is 1.44. The molecule has 0 radical (unpaired) electrons. The Morgan fingerprint density at radius 2 is 1.89 bits per heavy atom. The van der Waals surface area contributed by atoms with Crippen molar-refractivity contribution in [1.82, 2.24) is 19.4 Å². The second kappa shape index (κ2) is 11.1. The molecule has 1 aromatic carbocycles. The Bertz CT molecular complexity index is 1240.